The molecule has 0 saturated carbocycles. The number of aliphatic hydroxyl groups is 2. The molecule has 5 atom stereocenters. The Balaban J connectivity index is 2.26. The third-order valence-electron chi connectivity index (χ3n) is 5.03. The number of hydrogen-bond acceptors (Lipinski definition) is 7. The van der Waals surface area contributed by atoms with Gasteiger partial charge in [0.2, 0.25) is 17.7 Å². The predicted octanol–water partition coefficient (Wildman–Crippen LogP) is -2.03. The van der Waals surface area contributed by atoms with Gasteiger partial charge in [0.15, 0.2) is 0 Å². The molecular formula is C21H29N5O7. The van der Waals surface area contributed by atoms with E-state index < -0.39 is 60.6 Å². The molecule has 2 aromatic rings. The fourth-order valence-electron chi connectivity index (χ4n) is 3.15. The number of carbonyl (C=O) groups is 4. The van der Waals surface area contributed by atoms with Crippen LogP contribution >= 0.6 is 0 Å². The number of para-hydroxylation sites is 1. The first-order valence-electron chi connectivity index (χ1n) is 10.3. The first kappa shape index (κ1) is 25.8. The van der Waals surface area contributed by atoms with Crippen LogP contribution < -0.4 is 21.7 Å². The smallest absolute Gasteiger partial charge is 0.322 e. The number of fused-ring (bicyclic) bond motifs is 1. The summed E-state index contributed by atoms with van der Waals surface area (Å²) in [6, 6.07) is 3.34. The van der Waals surface area contributed by atoms with Crippen molar-refractivity contribution in [1.82, 2.24) is 20.9 Å². The number of rotatable bonds is 11. The molecule has 12 heteroatoms. The molecule has 3 amide bonds. The predicted molar refractivity (Wildman–Crippen MR) is 118 cm³/mol. The molecule has 0 radical (unpaired) electrons. The van der Waals surface area contributed by atoms with Gasteiger partial charge in [-0.15, -0.1) is 0 Å². The number of aliphatic carboxylic acids is 1. The summed E-state index contributed by atoms with van der Waals surface area (Å²) in [5.41, 5.74) is 7.19. The van der Waals surface area contributed by atoms with Crippen LogP contribution in [0.1, 0.15) is 19.4 Å². The second kappa shape index (κ2) is 11.4. The summed E-state index contributed by atoms with van der Waals surface area (Å²) in [6.45, 7) is 1.88. The summed E-state index contributed by atoms with van der Waals surface area (Å²) < 4.78 is 0. The molecule has 0 bridgehead atoms. The molecule has 2 rings (SSSR count). The highest BCUT2D eigenvalue weighted by molar-refractivity contribution is 5.94. The molecule has 33 heavy (non-hydrogen) atoms. The number of carboxylic acid groups (broad SMARTS) is 1. The summed E-state index contributed by atoms with van der Waals surface area (Å²) in [4.78, 5) is 51.5. The second-order valence-electron chi connectivity index (χ2n) is 7.73. The second-order valence-corrected chi connectivity index (χ2v) is 7.73. The number of aromatic nitrogens is 1. The number of amides is 3. The van der Waals surface area contributed by atoms with Crippen LogP contribution in [-0.2, 0) is 25.6 Å². The largest absolute Gasteiger partial charge is 0.480 e. The molecule has 0 aliphatic carbocycles. The van der Waals surface area contributed by atoms with Gasteiger partial charge in [0.25, 0.3) is 0 Å². The highest BCUT2D eigenvalue weighted by atomic mass is 16.4. The number of nitrogens with one attached hydrogen (secondary N) is 4. The normalized spacial score (nSPS) is 15.7. The number of carboxylic acids is 1. The molecular weight excluding hydrogens is 434 g/mol. The Morgan fingerprint density at radius 2 is 1.67 bits per heavy atom. The van der Waals surface area contributed by atoms with Crippen LogP contribution in [0.5, 0.6) is 0 Å². The van der Waals surface area contributed by atoms with Crippen molar-refractivity contribution in [2.75, 3.05) is 6.54 Å². The quantitative estimate of drug-likeness (QED) is 0.186. The molecule has 0 saturated heterocycles. The van der Waals surface area contributed by atoms with Crippen molar-refractivity contribution in [3.05, 3.63) is 36.0 Å². The molecule has 0 spiro atoms. The first-order chi connectivity index (χ1) is 15.5. The van der Waals surface area contributed by atoms with E-state index >= 15 is 0 Å². The van der Waals surface area contributed by atoms with Crippen molar-refractivity contribution in [2.45, 2.75) is 50.6 Å². The molecule has 0 aliphatic heterocycles. The summed E-state index contributed by atoms with van der Waals surface area (Å²) in [6.07, 6.45) is -0.838. The van der Waals surface area contributed by atoms with Crippen LogP contribution in [-0.4, -0.2) is 80.9 Å². The minimum atomic E-state index is -1.47. The van der Waals surface area contributed by atoms with E-state index in [1.807, 2.05) is 24.3 Å². The van der Waals surface area contributed by atoms with Crippen LogP contribution in [0, 0.1) is 0 Å². The molecule has 1 aromatic heterocycles. The fourth-order valence-corrected chi connectivity index (χ4v) is 3.15. The summed E-state index contributed by atoms with van der Waals surface area (Å²) in [5, 5.41) is 36.0. The maximum atomic E-state index is 13.0. The van der Waals surface area contributed by atoms with E-state index in [9.17, 15) is 29.4 Å². The van der Waals surface area contributed by atoms with Crippen LogP contribution in [0.4, 0.5) is 0 Å². The van der Waals surface area contributed by atoms with E-state index in [0.717, 1.165) is 10.9 Å². The summed E-state index contributed by atoms with van der Waals surface area (Å²) in [5.74, 6) is -3.79. The molecule has 0 aliphatic rings. The van der Waals surface area contributed by atoms with Gasteiger partial charge in [0, 0.05) is 23.5 Å². The topological polar surface area (TPSA) is 207 Å². The average Bonchev–Trinajstić information content (AvgIpc) is 3.17. The lowest BCUT2D eigenvalue weighted by atomic mass is 10.0. The standard InChI is InChI=1S/C21H29N5O7/c1-10(27)17(22)20(32)25-15(7-12-8-23-14-6-4-3-5-13(12)14)19(31)26-18(11(2)28)21(33)24-9-16(29)30/h3-6,8,10-11,15,17-18,23,27-28H,7,9,22H2,1-2H3,(H,24,33)(H,25,32)(H,26,31)(H,29,30). The van der Waals surface area contributed by atoms with E-state index in [2.05, 4.69) is 20.9 Å². The first-order valence-corrected chi connectivity index (χ1v) is 10.3. The zero-order chi connectivity index (χ0) is 24.7. The number of aliphatic hydroxyl groups excluding tert-OH is 2. The molecule has 180 valence electrons. The Morgan fingerprint density at radius 1 is 1.00 bits per heavy atom. The number of H-pyrrole nitrogens is 1. The highest BCUT2D eigenvalue weighted by Crippen LogP contribution is 2.19. The lowest BCUT2D eigenvalue weighted by Crippen LogP contribution is -2.60. The number of nitrogens with two attached hydrogens (primary N) is 1. The lowest BCUT2D eigenvalue weighted by Gasteiger charge is -2.25. The van der Waals surface area contributed by atoms with Crippen molar-refractivity contribution in [3.8, 4) is 0 Å². The fraction of sp³-hybridized carbons (Fsp3) is 0.429. The van der Waals surface area contributed by atoms with Gasteiger partial charge in [-0.2, -0.15) is 0 Å². The van der Waals surface area contributed by atoms with Gasteiger partial charge in [-0.3, -0.25) is 19.2 Å². The van der Waals surface area contributed by atoms with Crippen molar-refractivity contribution in [2.24, 2.45) is 5.73 Å². The third kappa shape index (κ3) is 7.00. The summed E-state index contributed by atoms with van der Waals surface area (Å²) >= 11 is 0. The van der Waals surface area contributed by atoms with Crippen molar-refractivity contribution in [1.29, 1.82) is 0 Å². The zero-order valence-electron chi connectivity index (χ0n) is 18.2. The Kier molecular flexibility index (Phi) is 8.91. The Morgan fingerprint density at radius 3 is 2.27 bits per heavy atom. The third-order valence-corrected chi connectivity index (χ3v) is 5.03. The van der Waals surface area contributed by atoms with Crippen LogP contribution in [0.25, 0.3) is 10.9 Å². The molecule has 1 heterocycles. The maximum Gasteiger partial charge on any atom is 0.322 e. The Labute approximate surface area is 189 Å². The van der Waals surface area contributed by atoms with Gasteiger partial charge in [-0.05, 0) is 25.5 Å². The molecule has 12 nitrogen and oxygen atoms in total. The Bertz CT molecular complexity index is 1000. The van der Waals surface area contributed by atoms with Crippen molar-refractivity contribution < 1.29 is 34.5 Å². The molecule has 5 unspecified atom stereocenters. The zero-order valence-corrected chi connectivity index (χ0v) is 18.2. The van der Waals surface area contributed by atoms with Gasteiger partial charge in [-0.25, -0.2) is 0 Å². The minimum Gasteiger partial charge on any atom is -0.480 e. The molecule has 0 fully saturated rings. The van der Waals surface area contributed by atoms with Gasteiger partial charge in [0.1, 0.15) is 24.7 Å². The summed E-state index contributed by atoms with van der Waals surface area (Å²) in [7, 11) is 0. The number of carbonyl (C=O) groups excluding carboxylic acids is 3. The minimum absolute atomic E-state index is 0.0113. The monoisotopic (exact) mass is 463 g/mol. The number of hydrogen-bond donors (Lipinski definition) is 8. The van der Waals surface area contributed by atoms with Crippen molar-refractivity contribution in [3.63, 3.8) is 0 Å². The lowest BCUT2D eigenvalue weighted by molar-refractivity contribution is -0.139. The van der Waals surface area contributed by atoms with E-state index in [4.69, 9.17) is 10.8 Å². The molecule has 1 aromatic carbocycles. The van der Waals surface area contributed by atoms with E-state index in [1.54, 1.807) is 6.20 Å². The van der Waals surface area contributed by atoms with Crippen LogP contribution in [0.2, 0.25) is 0 Å². The van der Waals surface area contributed by atoms with E-state index in [-0.39, 0.29) is 6.42 Å². The van der Waals surface area contributed by atoms with Crippen molar-refractivity contribution >= 4 is 34.6 Å². The van der Waals surface area contributed by atoms with Gasteiger partial charge >= 0.3 is 5.97 Å². The Hall–Kier alpha value is -3.48. The van der Waals surface area contributed by atoms with E-state index in [1.165, 1.54) is 13.8 Å². The van der Waals surface area contributed by atoms with Crippen LogP contribution in [0.3, 0.4) is 0 Å². The SMILES string of the molecule is CC(O)C(N)C(=O)NC(Cc1c[nH]c2ccccc12)C(=O)NC(C(=O)NCC(=O)O)C(C)O. The van der Waals surface area contributed by atoms with Gasteiger partial charge in [0.05, 0.1) is 12.2 Å². The highest BCUT2D eigenvalue weighted by Gasteiger charge is 2.32. The number of benzene rings is 1. The van der Waals surface area contributed by atoms with Gasteiger partial charge < -0.3 is 42.0 Å². The number of aromatic amines is 1. The molecule has 9 N–H and O–H groups in total. The van der Waals surface area contributed by atoms with E-state index in [0.29, 0.717) is 5.56 Å². The maximum absolute atomic E-state index is 13.0. The van der Waals surface area contributed by atoms with Crippen LogP contribution in [0.15, 0.2) is 30.5 Å². The average molecular weight is 463 g/mol. The van der Waals surface area contributed by atoms with Gasteiger partial charge in [-0.1, -0.05) is 18.2 Å².